The van der Waals surface area contributed by atoms with Gasteiger partial charge in [-0.3, -0.25) is 9.59 Å². The molecule has 3 aromatic carbocycles. The minimum atomic E-state index is -0.396. The summed E-state index contributed by atoms with van der Waals surface area (Å²) in [6, 6.07) is 16.2. The van der Waals surface area contributed by atoms with Crippen LogP contribution in [0.5, 0.6) is 11.5 Å². The van der Waals surface area contributed by atoms with Crippen molar-refractivity contribution < 1.29 is 19.1 Å². The van der Waals surface area contributed by atoms with E-state index in [1.165, 1.54) is 13.3 Å². The van der Waals surface area contributed by atoms with Crippen molar-refractivity contribution in [2.45, 2.75) is 0 Å². The number of hydrogen-bond acceptors (Lipinski definition) is 5. The van der Waals surface area contributed by atoms with E-state index in [4.69, 9.17) is 44.3 Å². The van der Waals surface area contributed by atoms with Gasteiger partial charge < -0.3 is 14.8 Å². The van der Waals surface area contributed by atoms with Crippen LogP contribution in [0, 0.1) is 0 Å². The second-order valence-electron chi connectivity index (χ2n) is 6.58. The van der Waals surface area contributed by atoms with Gasteiger partial charge in [-0.15, -0.1) is 0 Å². The lowest BCUT2D eigenvalue weighted by Gasteiger charge is -2.13. The number of methoxy groups -OCH3 is 1. The summed E-state index contributed by atoms with van der Waals surface area (Å²) in [5.74, 6) is -0.279. The molecule has 33 heavy (non-hydrogen) atoms. The fourth-order valence-electron chi connectivity index (χ4n) is 2.65. The van der Waals surface area contributed by atoms with Crippen LogP contribution >= 0.6 is 34.8 Å². The molecule has 0 aliphatic rings. The Balaban J connectivity index is 1.62. The van der Waals surface area contributed by atoms with E-state index in [-0.39, 0.29) is 23.3 Å². The number of nitrogens with zero attached hydrogens (tertiary/aromatic N) is 1. The second-order valence-corrected chi connectivity index (χ2v) is 7.86. The molecule has 0 spiro atoms. The SMILES string of the molecule is COc1cc(/C=N/NC(=O)c2ccc(Cl)cc2)cc(Cl)c1OCC(=O)Nc1ccc(Cl)cc1. The van der Waals surface area contributed by atoms with Gasteiger partial charge in [0.25, 0.3) is 11.8 Å². The van der Waals surface area contributed by atoms with Crippen LogP contribution in [0.15, 0.2) is 65.8 Å². The predicted molar refractivity (Wildman–Crippen MR) is 130 cm³/mol. The molecular formula is C23H18Cl3N3O4. The maximum Gasteiger partial charge on any atom is 0.271 e. The molecule has 0 atom stereocenters. The topological polar surface area (TPSA) is 89.0 Å². The smallest absolute Gasteiger partial charge is 0.271 e. The summed E-state index contributed by atoms with van der Waals surface area (Å²) in [7, 11) is 1.44. The third-order valence-electron chi connectivity index (χ3n) is 4.21. The Morgan fingerprint density at radius 2 is 1.61 bits per heavy atom. The summed E-state index contributed by atoms with van der Waals surface area (Å²) in [6.07, 6.45) is 1.40. The molecule has 0 saturated carbocycles. The Bertz CT molecular complexity index is 1170. The minimum absolute atomic E-state index is 0.202. The van der Waals surface area contributed by atoms with Crippen molar-refractivity contribution in [2.75, 3.05) is 19.0 Å². The summed E-state index contributed by atoms with van der Waals surface area (Å²) in [5.41, 5.74) is 3.96. The lowest BCUT2D eigenvalue weighted by atomic mass is 10.2. The number of benzene rings is 3. The van der Waals surface area contributed by atoms with E-state index < -0.39 is 5.91 Å². The molecule has 0 heterocycles. The second kappa shape index (κ2) is 11.6. The largest absolute Gasteiger partial charge is 0.493 e. The van der Waals surface area contributed by atoms with Gasteiger partial charge in [0.15, 0.2) is 18.1 Å². The van der Waals surface area contributed by atoms with Gasteiger partial charge in [0.1, 0.15) is 0 Å². The molecule has 2 amide bonds. The van der Waals surface area contributed by atoms with Gasteiger partial charge in [-0.25, -0.2) is 5.43 Å². The van der Waals surface area contributed by atoms with Crippen LogP contribution < -0.4 is 20.2 Å². The average Bonchev–Trinajstić information content (AvgIpc) is 2.80. The fraction of sp³-hybridized carbons (Fsp3) is 0.0870. The van der Waals surface area contributed by atoms with Gasteiger partial charge in [0.05, 0.1) is 18.3 Å². The molecular weight excluding hydrogens is 489 g/mol. The van der Waals surface area contributed by atoms with Crippen molar-refractivity contribution in [2.24, 2.45) is 5.10 Å². The van der Waals surface area contributed by atoms with Crippen LogP contribution in [0.1, 0.15) is 15.9 Å². The average molecular weight is 507 g/mol. The third-order valence-corrected chi connectivity index (χ3v) is 5.00. The maximum atomic E-state index is 12.2. The molecule has 0 unspecified atom stereocenters. The Morgan fingerprint density at radius 3 is 2.24 bits per heavy atom. The zero-order valence-electron chi connectivity index (χ0n) is 17.3. The number of hydrazone groups is 1. The first-order valence-corrected chi connectivity index (χ1v) is 10.6. The van der Waals surface area contributed by atoms with Crippen LogP contribution in [0.4, 0.5) is 5.69 Å². The number of rotatable bonds is 8. The van der Waals surface area contributed by atoms with Gasteiger partial charge in [-0.1, -0.05) is 34.8 Å². The molecule has 0 fully saturated rings. The molecule has 3 rings (SSSR count). The van der Waals surface area contributed by atoms with Crippen LogP contribution in [-0.4, -0.2) is 31.7 Å². The predicted octanol–water partition coefficient (Wildman–Crippen LogP) is 5.44. The number of amides is 2. The molecule has 2 N–H and O–H groups in total. The summed E-state index contributed by atoms with van der Waals surface area (Å²) in [4.78, 5) is 24.3. The quantitative estimate of drug-likeness (QED) is 0.315. The number of anilines is 1. The molecule has 0 saturated heterocycles. The molecule has 0 aliphatic carbocycles. The van der Waals surface area contributed by atoms with Gasteiger partial charge >= 0.3 is 0 Å². The van der Waals surface area contributed by atoms with Crippen molar-refractivity contribution in [1.29, 1.82) is 0 Å². The highest BCUT2D eigenvalue weighted by molar-refractivity contribution is 6.32. The highest BCUT2D eigenvalue weighted by Gasteiger charge is 2.14. The lowest BCUT2D eigenvalue weighted by Crippen LogP contribution is -2.20. The van der Waals surface area contributed by atoms with E-state index in [1.807, 2.05) is 0 Å². The molecule has 170 valence electrons. The molecule has 0 aromatic heterocycles. The van der Waals surface area contributed by atoms with Crippen molar-refractivity contribution in [1.82, 2.24) is 5.43 Å². The first-order chi connectivity index (χ1) is 15.9. The molecule has 0 radical (unpaired) electrons. The molecule has 7 nitrogen and oxygen atoms in total. The van der Waals surface area contributed by atoms with Crippen LogP contribution in [-0.2, 0) is 4.79 Å². The van der Waals surface area contributed by atoms with E-state index in [2.05, 4.69) is 15.8 Å². The Kier molecular flexibility index (Phi) is 8.54. The summed E-state index contributed by atoms with van der Waals surface area (Å²) >= 11 is 18.0. The molecule has 3 aromatic rings. The van der Waals surface area contributed by atoms with E-state index >= 15 is 0 Å². The lowest BCUT2D eigenvalue weighted by molar-refractivity contribution is -0.118. The number of hydrogen-bond donors (Lipinski definition) is 2. The summed E-state index contributed by atoms with van der Waals surface area (Å²) in [6.45, 7) is -0.288. The maximum absolute atomic E-state index is 12.2. The number of halogens is 3. The van der Waals surface area contributed by atoms with Gasteiger partial charge in [0, 0.05) is 21.3 Å². The number of carbonyl (C=O) groups is 2. The first-order valence-electron chi connectivity index (χ1n) is 9.50. The van der Waals surface area contributed by atoms with Crippen LogP contribution in [0.2, 0.25) is 15.1 Å². The third kappa shape index (κ3) is 7.12. The van der Waals surface area contributed by atoms with Gasteiger partial charge in [-0.05, 0) is 66.2 Å². The normalized spacial score (nSPS) is 10.7. The Morgan fingerprint density at radius 1 is 0.970 bits per heavy atom. The first kappa shape index (κ1) is 24.4. The Hall–Kier alpha value is -3.26. The highest BCUT2D eigenvalue weighted by atomic mass is 35.5. The summed E-state index contributed by atoms with van der Waals surface area (Å²) in [5, 5.41) is 7.92. The monoisotopic (exact) mass is 505 g/mol. The number of carbonyl (C=O) groups excluding carboxylic acids is 2. The number of ether oxygens (including phenoxy) is 2. The van der Waals surface area contributed by atoms with Gasteiger partial charge in [0.2, 0.25) is 0 Å². The number of nitrogens with one attached hydrogen (secondary N) is 2. The summed E-state index contributed by atoms with van der Waals surface area (Å²) < 4.78 is 10.9. The Labute approximate surface area is 205 Å². The minimum Gasteiger partial charge on any atom is -0.493 e. The van der Waals surface area contributed by atoms with Crippen molar-refractivity contribution in [3.05, 3.63) is 86.9 Å². The van der Waals surface area contributed by atoms with Crippen LogP contribution in [0.3, 0.4) is 0 Å². The zero-order valence-corrected chi connectivity index (χ0v) is 19.5. The van der Waals surface area contributed by atoms with Gasteiger partial charge in [-0.2, -0.15) is 5.10 Å². The highest BCUT2D eigenvalue weighted by Crippen LogP contribution is 2.36. The van der Waals surface area contributed by atoms with E-state index in [0.29, 0.717) is 32.6 Å². The fourth-order valence-corrected chi connectivity index (χ4v) is 3.18. The van der Waals surface area contributed by atoms with Crippen LogP contribution in [0.25, 0.3) is 0 Å². The van der Waals surface area contributed by atoms with E-state index in [1.54, 1.807) is 60.7 Å². The molecule has 10 heteroatoms. The van der Waals surface area contributed by atoms with E-state index in [0.717, 1.165) is 0 Å². The van der Waals surface area contributed by atoms with Crippen molar-refractivity contribution in [3.8, 4) is 11.5 Å². The zero-order chi connectivity index (χ0) is 23.8. The van der Waals surface area contributed by atoms with Crippen molar-refractivity contribution >= 4 is 58.5 Å². The molecule has 0 bridgehead atoms. The molecule has 0 aliphatic heterocycles. The standard InChI is InChI=1S/C23H18Cl3N3O4/c1-32-20-11-14(12-27-29-23(31)15-2-4-16(24)5-3-15)10-19(26)22(20)33-13-21(30)28-18-8-6-17(25)7-9-18/h2-12H,13H2,1H3,(H,28,30)(H,29,31)/b27-12+. The van der Waals surface area contributed by atoms with Crippen molar-refractivity contribution in [3.63, 3.8) is 0 Å². The van der Waals surface area contributed by atoms with E-state index in [9.17, 15) is 9.59 Å².